The molecule has 0 saturated carbocycles. The van der Waals surface area contributed by atoms with Crippen LogP contribution in [0.1, 0.15) is 28.4 Å². The molecule has 0 amide bonds. The van der Waals surface area contributed by atoms with Gasteiger partial charge in [-0.25, -0.2) is 14.0 Å². The summed E-state index contributed by atoms with van der Waals surface area (Å²) < 4.78 is 28.3. The van der Waals surface area contributed by atoms with Crippen molar-refractivity contribution in [1.82, 2.24) is 9.47 Å². The van der Waals surface area contributed by atoms with E-state index in [-0.39, 0.29) is 23.5 Å². The number of carbonyl (C=O) groups excluding carboxylic acids is 1. The van der Waals surface area contributed by atoms with Crippen LogP contribution in [0, 0.1) is 5.82 Å². The minimum atomic E-state index is -1.34. The van der Waals surface area contributed by atoms with E-state index in [0.717, 1.165) is 22.9 Å². The van der Waals surface area contributed by atoms with Gasteiger partial charge in [0.05, 0.1) is 22.5 Å². The van der Waals surface area contributed by atoms with Crippen LogP contribution < -0.4 is 15.1 Å². The molecule has 3 aromatic carbocycles. The number of hydrogen-bond donors (Lipinski definition) is 1. The molecule has 9 nitrogen and oxygen atoms in total. The van der Waals surface area contributed by atoms with E-state index in [1.807, 2.05) is 66.4 Å². The molecule has 6 rings (SSSR count). The van der Waals surface area contributed by atoms with E-state index in [1.165, 1.54) is 6.20 Å². The molecule has 220 valence electrons. The van der Waals surface area contributed by atoms with Gasteiger partial charge in [0.15, 0.2) is 0 Å². The van der Waals surface area contributed by atoms with E-state index in [1.54, 1.807) is 10.6 Å². The number of rotatable bonds is 8. The van der Waals surface area contributed by atoms with Gasteiger partial charge in [0.1, 0.15) is 30.3 Å². The molecule has 0 spiro atoms. The molecule has 0 aliphatic carbocycles. The minimum Gasteiger partial charge on any atom is -0.489 e. The number of fused-ring (bicyclic) bond motifs is 1. The lowest BCUT2D eigenvalue weighted by molar-refractivity contribution is -0.134. The van der Waals surface area contributed by atoms with Crippen molar-refractivity contribution in [1.29, 1.82) is 0 Å². The van der Waals surface area contributed by atoms with Crippen LogP contribution >= 0.6 is 0 Å². The number of anilines is 1. The average Bonchev–Trinajstić information content (AvgIpc) is 3.42. The van der Waals surface area contributed by atoms with Gasteiger partial charge in [-0.05, 0) is 42.3 Å². The first-order valence-electron chi connectivity index (χ1n) is 14.1. The van der Waals surface area contributed by atoms with Gasteiger partial charge in [-0.3, -0.25) is 4.79 Å². The van der Waals surface area contributed by atoms with Gasteiger partial charge in [-0.15, -0.1) is 0 Å². The fourth-order valence-electron chi connectivity index (χ4n) is 5.66. The lowest BCUT2D eigenvalue weighted by Crippen LogP contribution is -2.46. The number of carboxylic acid groups (broad SMARTS) is 1. The summed E-state index contributed by atoms with van der Waals surface area (Å²) in [7, 11) is 0. The molecule has 1 saturated heterocycles. The molecule has 2 aliphatic heterocycles. The third-order valence-electron chi connectivity index (χ3n) is 7.95. The third-order valence-corrected chi connectivity index (χ3v) is 7.95. The van der Waals surface area contributed by atoms with Gasteiger partial charge in [-0.2, -0.15) is 0 Å². The number of aromatic carboxylic acids is 1. The Kier molecular flexibility index (Phi) is 7.58. The van der Waals surface area contributed by atoms with Crippen LogP contribution in [0.3, 0.4) is 0 Å². The number of benzene rings is 3. The van der Waals surface area contributed by atoms with Crippen LogP contribution in [0.2, 0.25) is 0 Å². The molecule has 0 radical (unpaired) electrons. The first-order valence-corrected chi connectivity index (χ1v) is 14.1. The number of carboxylic acids is 1. The monoisotopic (exact) mass is 583 g/mol. The zero-order chi connectivity index (χ0) is 30.1. The van der Waals surface area contributed by atoms with E-state index in [9.17, 15) is 19.5 Å². The van der Waals surface area contributed by atoms with Crippen molar-refractivity contribution in [3.05, 3.63) is 111 Å². The van der Waals surface area contributed by atoms with Crippen LogP contribution in [0.25, 0.3) is 16.5 Å². The molecular weight excluding hydrogens is 553 g/mol. The van der Waals surface area contributed by atoms with Crippen LogP contribution in [0.4, 0.5) is 10.1 Å². The summed E-state index contributed by atoms with van der Waals surface area (Å²) in [6.45, 7) is 4.87. The van der Waals surface area contributed by atoms with Crippen LogP contribution in [0.5, 0.6) is 5.75 Å². The quantitative estimate of drug-likeness (QED) is 0.302. The van der Waals surface area contributed by atoms with Crippen molar-refractivity contribution in [3.8, 4) is 5.75 Å². The minimum absolute atomic E-state index is 0.0366. The highest BCUT2D eigenvalue weighted by Gasteiger charge is 2.32. The smallest absolute Gasteiger partial charge is 0.341 e. The second kappa shape index (κ2) is 11.6. The SMILES string of the molecule is CCn1cc(C(=O)O)c(=O)c2cc(F)c(N3CCN(C4=C(c5ccc(OCc6ccccc6)cc5)C(=O)OC4)CC3)cc21. The Morgan fingerprint density at radius 1 is 0.977 bits per heavy atom. The van der Waals surface area contributed by atoms with Gasteiger partial charge >= 0.3 is 11.9 Å². The Bertz CT molecular complexity index is 1790. The fraction of sp³-hybridized carbons (Fsp3) is 0.242. The topological polar surface area (TPSA) is 101 Å². The maximum atomic E-state index is 15.3. The summed E-state index contributed by atoms with van der Waals surface area (Å²) in [6.07, 6.45) is 1.31. The number of pyridine rings is 1. The van der Waals surface area contributed by atoms with Crippen LogP contribution in [-0.4, -0.2) is 59.3 Å². The molecule has 1 N–H and O–H groups in total. The molecule has 1 fully saturated rings. The second-order valence-corrected chi connectivity index (χ2v) is 10.5. The molecule has 43 heavy (non-hydrogen) atoms. The molecule has 1 aromatic heterocycles. The van der Waals surface area contributed by atoms with Crippen molar-refractivity contribution in [2.45, 2.75) is 20.1 Å². The van der Waals surface area contributed by atoms with Gasteiger partial charge in [0.25, 0.3) is 0 Å². The van der Waals surface area contributed by atoms with Gasteiger partial charge < -0.3 is 28.9 Å². The number of esters is 1. The summed E-state index contributed by atoms with van der Waals surface area (Å²) in [5.41, 5.74) is 2.84. The van der Waals surface area contributed by atoms with E-state index in [0.29, 0.717) is 61.9 Å². The number of nitrogens with zero attached hydrogens (tertiary/aromatic N) is 3. The van der Waals surface area contributed by atoms with Crippen molar-refractivity contribution >= 4 is 34.1 Å². The third kappa shape index (κ3) is 5.43. The standard InChI is InChI=1S/C33H30FN3O6/c1-2-35-18-25(32(39)40)31(38)24-16-26(34)28(17-27(24)35)36-12-14-37(15-13-36)29-20-43-33(41)30(29)22-8-10-23(11-9-22)42-19-21-6-4-3-5-7-21/h3-11,16-18H,2,12-15,19-20H2,1H3,(H,39,40). The van der Waals surface area contributed by atoms with Gasteiger partial charge in [0.2, 0.25) is 5.43 Å². The molecular formula is C33H30FN3O6. The number of aromatic nitrogens is 1. The van der Waals surface area contributed by atoms with Crippen molar-refractivity contribution < 1.29 is 28.6 Å². The summed E-state index contributed by atoms with van der Waals surface area (Å²) in [4.78, 5) is 41.0. The lowest BCUT2D eigenvalue weighted by atomic mass is 10.0. The Hall–Kier alpha value is -5.12. The number of halogens is 1. The molecule has 4 aromatic rings. The Morgan fingerprint density at radius 2 is 1.67 bits per heavy atom. The number of carbonyl (C=O) groups is 2. The Morgan fingerprint density at radius 3 is 2.35 bits per heavy atom. The van der Waals surface area contributed by atoms with Crippen LogP contribution in [-0.2, 0) is 22.7 Å². The lowest BCUT2D eigenvalue weighted by Gasteiger charge is -2.38. The van der Waals surface area contributed by atoms with Crippen molar-refractivity contribution in [3.63, 3.8) is 0 Å². The molecule has 0 unspecified atom stereocenters. The molecule has 0 bridgehead atoms. The highest BCUT2D eigenvalue weighted by molar-refractivity contribution is 6.19. The maximum Gasteiger partial charge on any atom is 0.341 e. The summed E-state index contributed by atoms with van der Waals surface area (Å²) >= 11 is 0. The predicted octanol–water partition coefficient (Wildman–Crippen LogP) is 4.53. The van der Waals surface area contributed by atoms with E-state index >= 15 is 4.39 Å². The largest absolute Gasteiger partial charge is 0.489 e. The second-order valence-electron chi connectivity index (χ2n) is 10.5. The first kappa shape index (κ1) is 28.0. The number of aryl methyl sites for hydroxylation is 1. The van der Waals surface area contributed by atoms with Crippen LogP contribution in [0.15, 0.2) is 83.4 Å². The normalized spacial score (nSPS) is 15.3. The van der Waals surface area contributed by atoms with Crippen molar-refractivity contribution in [2.75, 3.05) is 37.7 Å². The number of hydrogen-bond acceptors (Lipinski definition) is 7. The fourth-order valence-corrected chi connectivity index (χ4v) is 5.66. The van der Waals surface area contributed by atoms with Crippen molar-refractivity contribution in [2.24, 2.45) is 0 Å². The average molecular weight is 584 g/mol. The molecule has 10 heteroatoms. The highest BCUT2D eigenvalue weighted by Crippen LogP contribution is 2.32. The van der Waals surface area contributed by atoms with E-state index in [4.69, 9.17) is 9.47 Å². The van der Waals surface area contributed by atoms with Gasteiger partial charge in [-0.1, -0.05) is 42.5 Å². The number of piperazine rings is 1. The summed E-state index contributed by atoms with van der Waals surface area (Å²) in [6, 6.07) is 20.0. The zero-order valence-corrected chi connectivity index (χ0v) is 23.6. The highest BCUT2D eigenvalue weighted by atomic mass is 19.1. The zero-order valence-electron chi connectivity index (χ0n) is 23.6. The maximum absolute atomic E-state index is 15.3. The Labute approximate surface area is 247 Å². The Balaban J connectivity index is 1.20. The number of cyclic esters (lactones) is 1. The van der Waals surface area contributed by atoms with E-state index < -0.39 is 17.2 Å². The predicted molar refractivity (Wildman–Crippen MR) is 160 cm³/mol. The molecule has 3 heterocycles. The number of ether oxygens (including phenoxy) is 2. The first-order chi connectivity index (χ1) is 20.8. The summed E-state index contributed by atoms with van der Waals surface area (Å²) in [5, 5.41) is 9.45. The summed E-state index contributed by atoms with van der Waals surface area (Å²) in [5.74, 6) is -1.61. The van der Waals surface area contributed by atoms with E-state index in [2.05, 4.69) is 4.90 Å². The van der Waals surface area contributed by atoms with Gasteiger partial charge in [0, 0.05) is 44.3 Å². The molecule has 2 aliphatic rings. The molecule has 0 atom stereocenters.